The van der Waals surface area contributed by atoms with Gasteiger partial charge in [-0.2, -0.15) is 0 Å². The van der Waals surface area contributed by atoms with Crippen LogP contribution in [0.1, 0.15) is 0 Å². The second-order valence-corrected chi connectivity index (χ2v) is 16.0. The van der Waals surface area contributed by atoms with Crippen molar-refractivity contribution in [2.45, 2.75) is 0 Å². The van der Waals surface area contributed by atoms with Crippen molar-refractivity contribution in [2.75, 3.05) is 4.90 Å². The first-order valence-corrected chi connectivity index (χ1v) is 20.5. The molecule has 4 heteroatoms. The zero-order chi connectivity index (χ0) is 38.2. The van der Waals surface area contributed by atoms with Crippen LogP contribution in [0, 0.1) is 0 Å². The molecule has 0 saturated carbocycles. The van der Waals surface area contributed by atoms with E-state index < -0.39 is 0 Å². The molecule has 0 spiro atoms. The fraction of sp³-hybridized carbons (Fsp3) is 0. The van der Waals surface area contributed by atoms with Crippen molar-refractivity contribution in [3.05, 3.63) is 206 Å². The summed E-state index contributed by atoms with van der Waals surface area (Å²) in [4.78, 5) is 2.38. The van der Waals surface area contributed by atoms with Crippen molar-refractivity contribution in [1.29, 1.82) is 0 Å². The highest BCUT2D eigenvalue weighted by atomic mass is 32.1. The maximum atomic E-state index is 6.14. The number of anilines is 3. The Morgan fingerprint density at radius 2 is 0.897 bits per heavy atom. The van der Waals surface area contributed by atoms with E-state index in [-0.39, 0.29) is 0 Å². The quantitative estimate of drug-likeness (QED) is 0.168. The molecule has 12 rings (SSSR count). The Bertz CT molecular complexity index is 3340. The lowest BCUT2D eigenvalue weighted by Crippen LogP contribution is -2.10. The van der Waals surface area contributed by atoms with Gasteiger partial charge in [0.05, 0.1) is 11.0 Å². The van der Waals surface area contributed by atoms with Crippen LogP contribution in [0.5, 0.6) is 0 Å². The predicted molar refractivity (Wildman–Crippen MR) is 247 cm³/mol. The molecule has 3 heterocycles. The predicted octanol–water partition coefficient (Wildman–Crippen LogP) is 15.9. The molecule has 272 valence electrons. The van der Waals surface area contributed by atoms with E-state index in [1.165, 1.54) is 53.1 Å². The number of rotatable bonds is 6. The maximum absolute atomic E-state index is 6.14. The monoisotopic (exact) mass is 758 g/mol. The molecular formula is C54H34N2OS. The molecule has 0 saturated heterocycles. The van der Waals surface area contributed by atoms with Crippen LogP contribution >= 0.6 is 11.3 Å². The Morgan fingerprint density at radius 3 is 1.67 bits per heavy atom. The van der Waals surface area contributed by atoms with Crippen LogP contribution in [0.15, 0.2) is 211 Å². The van der Waals surface area contributed by atoms with E-state index in [1.807, 2.05) is 23.5 Å². The van der Waals surface area contributed by atoms with Gasteiger partial charge in [0.1, 0.15) is 11.2 Å². The van der Waals surface area contributed by atoms with Crippen molar-refractivity contribution >= 4 is 92.3 Å². The van der Waals surface area contributed by atoms with Gasteiger partial charge >= 0.3 is 0 Å². The largest absolute Gasteiger partial charge is 0.456 e. The molecule has 0 aliphatic rings. The molecule has 9 aromatic carbocycles. The number of furan rings is 1. The number of aromatic nitrogens is 1. The van der Waals surface area contributed by atoms with Crippen molar-refractivity contribution in [2.24, 2.45) is 0 Å². The van der Waals surface area contributed by atoms with E-state index in [4.69, 9.17) is 4.42 Å². The number of para-hydroxylation sites is 3. The van der Waals surface area contributed by atoms with Gasteiger partial charge in [0.25, 0.3) is 0 Å². The van der Waals surface area contributed by atoms with Gasteiger partial charge in [0, 0.05) is 64.5 Å². The highest BCUT2D eigenvalue weighted by Gasteiger charge is 2.18. The van der Waals surface area contributed by atoms with Crippen LogP contribution in [-0.4, -0.2) is 4.57 Å². The van der Waals surface area contributed by atoms with Crippen LogP contribution in [0.3, 0.4) is 0 Å². The van der Waals surface area contributed by atoms with Gasteiger partial charge in [-0.3, -0.25) is 0 Å². The average molecular weight is 759 g/mol. The second kappa shape index (κ2) is 13.1. The third-order valence-corrected chi connectivity index (χ3v) is 12.8. The molecular weight excluding hydrogens is 725 g/mol. The maximum Gasteiger partial charge on any atom is 0.135 e. The van der Waals surface area contributed by atoms with Gasteiger partial charge < -0.3 is 13.9 Å². The van der Waals surface area contributed by atoms with E-state index in [1.54, 1.807) is 0 Å². The topological polar surface area (TPSA) is 21.3 Å². The van der Waals surface area contributed by atoms with Gasteiger partial charge in [-0.25, -0.2) is 0 Å². The zero-order valence-electron chi connectivity index (χ0n) is 31.3. The van der Waals surface area contributed by atoms with Crippen LogP contribution in [0.2, 0.25) is 0 Å². The molecule has 12 aromatic rings. The van der Waals surface area contributed by atoms with E-state index in [2.05, 4.69) is 204 Å². The summed E-state index contributed by atoms with van der Waals surface area (Å²) in [6.07, 6.45) is 0. The number of nitrogens with zero attached hydrogens (tertiary/aromatic N) is 2. The SMILES string of the molecule is c1ccc(-n2c3ccccc3c3ccc(N(c4ccc(-c5ccc6oc7ccccc7c6c5)cc4)c4ccc(-c5ccc6sc7ccccc7c6c5)cc4)cc32)cc1. The summed E-state index contributed by atoms with van der Waals surface area (Å²) < 4.78 is 11.2. The Morgan fingerprint density at radius 1 is 0.345 bits per heavy atom. The van der Waals surface area contributed by atoms with Crippen LogP contribution in [0.4, 0.5) is 17.1 Å². The summed E-state index contributed by atoms with van der Waals surface area (Å²) in [5, 5.41) is 7.37. The Balaban J connectivity index is 0.993. The Labute approximate surface area is 338 Å². The average Bonchev–Trinajstić information content (AvgIpc) is 3.96. The first-order chi connectivity index (χ1) is 28.7. The zero-order valence-corrected chi connectivity index (χ0v) is 32.2. The molecule has 0 unspecified atom stereocenters. The fourth-order valence-corrected chi connectivity index (χ4v) is 9.90. The number of hydrogen-bond acceptors (Lipinski definition) is 3. The number of thiophene rings is 1. The molecule has 0 fully saturated rings. The Hall–Kier alpha value is -7.40. The minimum atomic E-state index is 0.906. The Kier molecular flexibility index (Phi) is 7.40. The highest BCUT2D eigenvalue weighted by Crippen LogP contribution is 2.42. The molecule has 0 amide bonds. The van der Waals surface area contributed by atoms with Gasteiger partial charge in [0.2, 0.25) is 0 Å². The van der Waals surface area contributed by atoms with E-state index >= 15 is 0 Å². The lowest BCUT2D eigenvalue weighted by atomic mass is 10.0. The van der Waals surface area contributed by atoms with E-state index in [0.717, 1.165) is 55.8 Å². The third kappa shape index (κ3) is 5.27. The van der Waals surface area contributed by atoms with Gasteiger partial charge in [-0.1, -0.05) is 115 Å². The lowest BCUT2D eigenvalue weighted by molar-refractivity contribution is 0.669. The summed E-state index contributed by atoms with van der Waals surface area (Å²) in [6, 6.07) is 74.6. The third-order valence-electron chi connectivity index (χ3n) is 11.6. The molecule has 0 radical (unpaired) electrons. The molecule has 3 aromatic heterocycles. The number of fused-ring (bicyclic) bond motifs is 9. The van der Waals surface area contributed by atoms with Gasteiger partial charge in [-0.05, 0) is 113 Å². The lowest BCUT2D eigenvalue weighted by Gasteiger charge is -2.26. The van der Waals surface area contributed by atoms with E-state index in [9.17, 15) is 0 Å². The standard InChI is InChI=1S/C54H34N2OS/c1-2-10-39(11-3-1)56-49-15-7-4-12-43(49)44-29-28-42(34-50(44)56)55(40-24-18-35(19-25-40)37-22-30-52-47(32-37)45-13-5-8-16-51(45)57-52)41-26-20-36(21-27-41)38-23-31-54-48(33-38)46-14-6-9-17-53(46)58-54/h1-34H. The second-order valence-electron chi connectivity index (χ2n) is 14.9. The number of hydrogen-bond donors (Lipinski definition) is 0. The first kappa shape index (κ1) is 32.8. The summed E-state index contributed by atoms with van der Waals surface area (Å²) in [6.45, 7) is 0. The highest BCUT2D eigenvalue weighted by molar-refractivity contribution is 7.25. The van der Waals surface area contributed by atoms with Crippen LogP contribution < -0.4 is 4.90 Å². The van der Waals surface area contributed by atoms with Crippen molar-refractivity contribution in [3.8, 4) is 27.9 Å². The number of benzene rings is 9. The van der Waals surface area contributed by atoms with Crippen LogP contribution in [0.25, 0.3) is 91.9 Å². The smallest absolute Gasteiger partial charge is 0.135 e. The first-order valence-electron chi connectivity index (χ1n) is 19.7. The van der Waals surface area contributed by atoms with Crippen molar-refractivity contribution in [1.82, 2.24) is 4.57 Å². The molecule has 3 nitrogen and oxygen atoms in total. The van der Waals surface area contributed by atoms with E-state index in [0.29, 0.717) is 0 Å². The molecule has 0 bridgehead atoms. The van der Waals surface area contributed by atoms with Gasteiger partial charge in [0.15, 0.2) is 0 Å². The molecule has 0 atom stereocenters. The van der Waals surface area contributed by atoms with Crippen molar-refractivity contribution < 1.29 is 4.42 Å². The summed E-state index contributed by atoms with van der Waals surface area (Å²) in [5.74, 6) is 0. The summed E-state index contributed by atoms with van der Waals surface area (Å²) in [7, 11) is 0. The summed E-state index contributed by atoms with van der Waals surface area (Å²) in [5.41, 5.74) is 13.3. The summed E-state index contributed by atoms with van der Waals surface area (Å²) >= 11 is 1.86. The fourth-order valence-electron chi connectivity index (χ4n) is 8.82. The molecule has 0 N–H and O–H groups in total. The normalized spacial score (nSPS) is 11.8. The minimum Gasteiger partial charge on any atom is -0.456 e. The minimum absolute atomic E-state index is 0.906. The van der Waals surface area contributed by atoms with Crippen molar-refractivity contribution in [3.63, 3.8) is 0 Å². The molecule has 0 aliphatic carbocycles. The van der Waals surface area contributed by atoms with Crippen LogP contribution in [-0.2, 0) is 0 Å². The molecule has 0 aliphatic heterocycles. The molecule has 58 heavy (non-hydrogen) atoms. The van der Waals surface area contributed by atoms with Gasteiger partial charge in [-0.15, -0.1) is 11.3 Å².